The minimum Gasteiger partial charge on any atom is -0.326 e. The van der Waals surface area contributed by atoms with E-state index in [1.54, 1.807) is 19.2 Å². The van der Waals surface area contributed by atoms with E-state index in [9.17, 15) is 13.2 Å². The number of nitrogens with zero attached hydrogens (tertiary/aromatic N) is 2. The molecule has 0 bridgehead atoms. The summed E-state index contributed by atoms with van der Waals surface area (Å²) in [5.74, 6) is -0.192. The van der Waals surface area contributed by atoms with Gasteiger partial charge in [-0.05, 0) is 36.8 Å². The quantitative estimate of drug-likeness (QED) is 0.641. The highest BCUT2D eigenvalue weighted by Gasteiger charge is 2.21. The van der Waals surface area contributed by atoms with E-state index in [0.29, 0.717) is 5.69 Å². The first-order chi connectivity index (χ1) is 13.3. The molecule has 0 aliphatic rings. The molecular weight excluding hydrogens is 394 g/mol. The van der Waals surface area contributed by atoms with Gasteiger partial charge in [-0.2, -0.15) is 4.31 Å². The number of rotatable bonds is 7. The number of hydrogen-bond acceptors (Lipinski definition) is 5. The van der Waals surface area contributed by atoms with Crippen molar-refractivity contribution >= 4 is 33.0 Å². The lowest BCUT2D eigenvalue weighted by molar-refractivity contribution is -0.115. The predicted molar refractivity (Wildman–Crippen MR) is 111 cm³/mol. The van der Waals surface area contributed by atoms with Gasteiger partial charge in [-0.3, -0.25) is 4.79 Å². The summed E-state index contributed by atoms with van der Waals surface area (Å²) < 4.78 is 26.8. The standard InChI is InChI=1S/C20H21N3O3S2/c1-15-21-18(14-27-15)12-20(24)22-17-8-10-19(11-9-17)28(25,26)23(2)13-16-6-4-3-5-7-16/h3-11,14H,12-13H2,1-2H3,(H,22,24). The SMILES string of the molecule is Cc1nc(CC(=O)Nc2ccc(S(=O)(=O)N(C)Cc3ccccc3)cc2)cs1. The molecule has 3 aromatic rings. The third kappa shape index (κ3) is 5.03. The second-order valence-electron chi connectivity index (χ2n) is 6.35. The number of carbonyl (C=O) groups excluding carboxylic acids is 1. The van der Waals surface area contributed by atoms with Crippen LogP contribution in [0.25, 0.3) is 0 Å². The molecule has 0 atom stereocenters. The molecule has 0 unspecified atom stereocenters. The number of amides is 1. The Morgan fingerprint density at radius 2 is 1.79 bits per heavy atom. The van der Waals surface area contributed by atoms with Gasteiger partial charge in [0.05, 0.1) is 22.0 Å². The number of aryl methyl sites for hydroxylation is 1. The smallest absolute Gasteiger partial charge is 0.243 e. The fraction of sp³-hybridized carbons (Fsp3) is 0.200. The van der Waals surface area contributed by atoms with Gasteiger partial charge in [-0.1, -0.05) is 30.3 Å². The molecule has 0 saturated carbocycles. The maximum absolute atomic E-state index is 12.7. The molecule has 1 aromatic heterocycles. The summed E-state index contributed by atoms with van der Waals surface area (Å²) in [7, 11) is -2.07. The van der Waals surface area contributed by atoms with Crippen LogP contribution in [-0.4, -0.2) is 30.7 Å². The molecule has 146 valence electrons. The number of thiazole rings is 1. The lowest BCUT2D eigenvalue weighted by atomic mass is 10.2. The fourth-order valence-electron chi connectivity index (χ4n) is 2.67. The van der Waals surface area contributed by atoms with Crippen molar-refractivity contribution in [3.05, 3.63) is 76.2 Å². The van der Waals surface area contributed by atoms with Gasteiger partial charge >= 0.3 is 0 Å². The Bertz CT molecular complexity index is 1050. The summed E-state index contributed by atoms with van der Waals surface area (Å²) in [4.78, 5) is 16.6. The highest BCUT2D eigenvalue weighted by Crippen LogP contribution is 2.19. The van der Waals surface area contributed by atoms with Crippen LogP contribution < -0.4 is 5.32 Å². The molecule has 0 fully saturated rings. The van der Waals surface area contributed by atoms with Gasteiger partial charge in [0.2, 0.25) is 15.9 Å². The Kier molecular flexibility index (Phi) is 6.23. The molecule has 1 amide bonds. The average Bonchev–Trinajstić information content (AvgIpc) is 3.07. The number of anilines is 1. The van der Waals surface area contributed by atoms with Crippen LogP contribution in [0.4, 0.5) is 5.69 Å². The summed E-state index contributed by atoms with van der Waals surface area (Å²) >= 11 is 1.50. The van der Waals surface area contributed by atoms with Crippen LogP contribution in [0.3, 0.4) is 0 Å². The van der Waals surface area contributed by atoms with E-state index < -0.39 is 10.0 Å². The largest absolute Gasteiger partial charge is 0.326 e. The Labute approximate surface area is 168 Å². The second-order valence-corrected chi connectivity index (χ2v) is 9.46. The first-order valence-electron chi connectivity index (χ1n) is 8.66. The van der Waals surface area contributed by atoms with Crippen LogP contribution in [-0.2, 0) is 27.8 Å². The Balaban J connectivity index is 1.64. The summed E-state index contributed by atoms with van der Waals surface area (Å²) in [5, 5.41) is 5.53. The number of sulfonamides is 1. The minimum atomic E-state index is -3.62. The van der Waals surface area contributed by atoms with Gasteiger partial charge in [0.15, 0.2) is 0 Å². The van der Waals surface area contributed by atoms with Crippen LogP contribution >= 0.6 is 11.3 Å². The fourth-order valence-corrected chi connectivity index (χ4v) is 4.45. The molecule has 0 spiro atoms. The van der Waals surface area contributed by atoms with E-state index in [-0.39, 0.29) is 23.8 Å². The van der Waals surface area contributed by atoms with Gasteiger partial charge in [-0.25, -0.2) is 13.4 Å². The zero-order valence-corrected chi connectivity index (χ0v) is 17.3. The van der Waals surface area contributed by atoms with E-state index in [0.717, 1.165) is 16.3 Å². The van der Waals surface area contributed by atoms with Crippen molar-refractivity contribution in [2.75, 3.05) is 12.4 Å². The molecule has 3 rings (SSSR count). The lowest BCUT2D eigenvalue weighted by Crippen LogP contribution is -2.26. The van der Waals surface area contributed by atoms with E-state index in [1.165, 1.54) is 27.8 Å². The molecule has 1 N–H and O–H groups in total. The van der Waals surface area contributed by atoms with Gasteiger partial charge in [0.25, 0.3) is 0 Å². The number of hydrogen-bond donors (Lipinski definition) is 1. The predicted octanol–water partition coefficient (Wildman–Crippen LogP) is 3.45. The molecule has 1 heterocycles. The molecule has 0 aliphatic carbocycles. The zero-order valence-electron chi connectivity index (χ0n) is 15.6. The van der Waals surface area contributed by atoms with Crippen LogP contribution in [0.5, 0.6) is 0 Å². The lowest BCUT2D eigenvalue weighted by Gasteiger charge is -2.17. The van der Waals surface area contributed by atoms with Crippen LogP contribution in [0, 0.1) is 6.92 Å². The van der Waals surface area contributed by atoms with E-state index >= 15 is 0 Å². The molecule has 0 aliphatic heterocycles. The second kappa shape index (κ2) is 8.64. The zero-order chi connectivity index (χ0) is 20.1. The van der Waals surface area contributed by atoms with Crippen molar-refractivity contribution in [2.45, 2.75) is 24.8 Å². The highest BCUT2D eigenvalue weighted by atomic mass is 32.2. The number of aromatic nitrogens is 1. The van der Waals surface area contributed by atoms with Crippen molar-refractivity contribution in [1.29, 1.82) is 0 Å². The van der Waals surface area contributed by atoms with Crippen LogP contribution in [0.1, 0.15) is 16.3 Å². The molecule has 28 heavy (non-hydrogen) atoms. The highest BCUT2D eigenvalue weighted by molar-refractivity contribution is 7.89. The molecule has 0 saturated heterocycles. The normalized spacial score (nSPS) is 11.5. The number of benzene rings is 2. The minimum absolute atomic E-state index is 0.180. The molecule has 6 nitrogen and oxygen atoms in total. The maximum atomic E-state index is 12.7. The summed E-state index contributed by atoms with van der Waals surface area (Å²) in [6.07, 6.45) is 0.185. The average molecular weight is 416 g/mol. The van der Waals surface area contributed by atoms with E-state index in [2.05, 4.69) is 10.3 Å². The Hall–Kier alpha value is -2.55. The van der Waals surface area contributed by atoms with Crippen molar-refractivity contribution in [3.8, 4) is 0 Å². The van der Waals surface area contributed by atoms with Crippen LogP contribution in [0.2, 0.25) is 0 Å². The molecular formula is C20H21N3O3S2. The molecule has 8 heteroatoms. The third-order valence-corrected chi connectivity index (χ3v) is 6.74. The number of carbonyl (C=O) groups is 1. The third-order valence-electron chi connectivity index (χ3n) is 4.10. The first kappa shape index (κ1) is 20.2. The first-order valence-corrected chi connectivity index (χ1v) is 11.0. The summed E-state index contributed by atoms with van der Waals surface area (Å²) in [6.45, 7) is 2.18. The molecule has 0 radical (unpaired) electrons. The van der Waals surface area contributed by atoms with Gasteiger partial charge in [0, 0.05) is 24.7 Å². The monoisotopic (exact) mass is 415 g/mol. The summed E-state index contributed by atoms with van der Waals surface area (Å²) in [6, 6.07) is 15.6. The van der Waals surface area contributed by atoms with Gasteiger partial charge < -0.3 is 5.32 Å². The Morgan fingerprint density at radius 1 is 1.11 bits per heavy atom. The van der Waals surface area contributed by atoms with Crippen molar-refractivity contribution in [3.63, 3.8) is 0 Å². The van der Waals surface area contributed by atoms with E-state index in [4.69, 9.17) is 0 Å². The maximum Gasteiger partial charge on any atom is 0.243 e. The Morgan fingerprint density at radius 3 is 2.39 bits per heavy atom. The van der Waals surface area contributed by atoms with Crippen molar-refractivity contribution < 1.29 is 13.2 Å². The molecule has 2 aromatic carbocycles. The van der Waals surface area contributed by atoms with Gasteiger partial charge in [-0.15, -0.1) is 11.3 Å². The van der Waals surface area contributed by atoms with Crippen molar-refractivity contribution in [2.24, 2.45) is 0 Å². The van der Waals surface area contributed by atoms with Crippen molar-refractivity contribution in [1.82, 2.24) is 9.29 Å². The number of nitrogens with one attached hydrogen (secondary N) is 1. The van der Waals surface area contributed by atoms with Crippen LogP contribution in [0.15, 0.2) is 64.9 Å². The summed E-state index contributed by atoms with van der Waals surface area (Å²) in [5.41, 5.74) is 2.18. The van der Waals surface area contributed by atoms with E-state index in [1.807, 2.05) is 42.6 Å². The topological polar surface area (TPSA) is 79.4 Å². The van der Waals surface area contributed by atoms with Gasteiger partial charge in [0.1, 0.15) is 0 Å².